The summed E-state index contributed by atoms with van der Waals surface area (Å²) >= 11 is 0. The highest BCUT2D eigenvalue weighted by molar-refractivity contribution is 5.51. The maximum atomic E-state index is 13.6. The predicted molar refractivity (Wildman–Crippen MR) is 180 cm³/mol. The van der Waals surface area contributed by atoms with Crippen LogP contribution in [0.1, 0.15) is 107 Å². The number of likely N-dealkylation sites (N-methyl/N-ethyl adjacent to an activating group) is 1. The first-order chi connectivity index (χ1) is 20.8. The van der Waals surface area contributed by atoms with Gasteiger partial charge in [0.25, 0.3) is 0 Å². The smallest absolute Gasteiger partial charge is 0.126 e. The third-order valence-corrected chi connectivity index (χ3v) is 9.29. The second-order valence-corrected chi connectivity index (χ2v) is 14.9. The molecule has 0 amide bonds. The molecule has 240 valence electrons. The van der Waals surface area contributed by atoms with Crippen LogP contribution in [0.2, 0.25) is 0 Å². The van der Waals surface area contributed by atoms with Crippen molar-refractivity contribution in [2.24, 2.45) is 0 Å². The molecule has 0 aliphatic carbocycles. The van der Waals surface area contributed by atoms with E-state index >= 15 is 0 Å². The fourth-order valence-electron chi connectivity index (χ4n) is 6.67. The van der Waals surface area contributed by atoms with Gasteiger partial charge in [-0.25, -0.2) is 8.78 Å². The fraction of sp³-hybridized carbons (Fsp3) is 0.538. The predicted octanol–water partition coefficient (Wildman–Crippen LogP) is 9.47. The highest BCUT2D eigenvalue weighted by atomic mass is 19.1. The summed E-state index contributed by atoms with van der Waals surface area (Å²) in [7, 11) is 4.08. The molecular formula is C39H54F2N2O. The van der Waals surface area contributed by atoms with Crippen molar-refractivity contribution in [1.29, 1.82) is 0 Å². The summed E-state index contributed by atoms with van der Waals surface area (Å²) in [6.07, 6.45) is 5.52. The third-order valence-electron chi connectivity index (χ3n) is 9.29. The highest BCUT2D eigenvalue weighted by Gasteiger charge is 2.30. The zero-order valence-electron chi connectivity index (χ0n) is 28.4. The van der Waals surface area contributed by atoms with Crippen LogP contribution in [0.3, 0.4) is 0 Å². The lowest BCUT2D eigenvalue weighted by Gasteiger charge is -2.31. The maximum absolute atomic E-state index is 13.6. The molecule has 0 bridgehead atoms. The van der Waals surface area contributed by atoms with Crippen LogP contribution in [-0.2, 0) is 17.4 Å². The summed E-state index contributed by atoms with van der Waals surface area (Å²) < 4.78 is 33.1. The normalized spacial score (nSPS) is 16.3. The summed E-state index contributed by atoms with van der Waals surface area (Å²) in [5.74, 6) is 0.726. The molecule has 0 saturated carbocycles. The molecule has 3 nitrogen and oxygen atoms in total. The van der Waals surface area contributed by atoms with Gasteiger partial charge in [-0.2, -0.15) is 0 Å². The lowest BCUT2D eigenvalue weighted by Crippen LogP contribution is -2.35. The van der Waals surface area contributed by atoms with Gasteiger partial charge in [0.2, 0.25) is 0 Å². The van der Waals surface area contributed by atoms with E-state index in [9.17, 15) is 8.78 Å². The molecule has 0 aromatic heterocycles. The van der Waals surface area contributed by atoms with E-state index in [0.717, 1.165) is 68.7 Å². The first-order valence-corrected chi connectivity index (χ1v) is 16.4. The van der Waals surface area contributed by atoms with Crippen LogP contribution in [0.5, 0.6) is 5.75 Å². The molecule has 5 heteroatoms. The topological polar surface area (TPSA) is 15.7 Å². The zero-order chi connectivity index (χ0) is 32.1. The number of nitrogens with zero attached hydrogens (tertiary/aromatic N) is 2. The van der Waals surface area contributed by atoms with Gasteiger partial charge in [0, 0.05) is 42.7 Å². The number of rotatable bonds is 12. The van der Waals surface area contributed by atoms with Gasteiger partial charge in [-0.05, 0) is 84.6 Å². The molecule has 1 aliphatic rings. The first kappa shape index (κ1) is 34.1. The van der Waals surface area contributed by atoms with E-state index in [1.807, 2.05) is 24.3 Å². The number of hydrogen-bond donors (Lipinski definition) is 0. The summed E-state index contributed by atoms with van der Waals surface area (Å²) in [6, 6.07) is 18.9. The third kappa shape index (κ3) is 8.91. The minimum absolute atomic E-state index is 0.00711. The molecule has 4 rings (SSSR count). The van der Waals surface area contributed by atoms with Crippen molar-refractivity contribution >= 4 is 0 Å². The van der Waals surface area contributed by atoms with E-state index in [1.165, 1.54) is 47.4 Å². The maximum Gasteiger partial charge on any atom is 0.126 e. The number of benzene rings is 3. The van der Waals surface area contributed by atoms with E-state index in [0.29, 0.717) is 6.04 Å². The lowest BCUT2D eigenvalue weighted by molar-refractivity contribution is 0.225. The second-order valence-electron chi connectivity index (χ2n) is 14.9. The minimum Gasteiger partial charge on any atom is -0.496 e. The largest absolute Gasteiger partial charge is 0.496 e. The van der Waals surface area contributed by atoms with Crippen molar-refractivity contribution in [3.05, 3.63) is 100 Å². The zero-order valence-corrected chi connectivity index (χ0v) is 28.4. The summed E-state index contributed by atoms with van der Waals surface area (Å²) in [4.78, 5) is 5.16. The molecule has 0 N–H and O–H groups in total. The molecule has 1 heterocycles. The van der Waals surface area contributed by atoms with E-state index in [2.05, 4.69) is 70.5 Å². The van der Waals surface area contributed by atoms with Crippen molar-refractivity contribution < 1.29 is 13.5 Å². The molecule has 0 unspecified atom stereocenters. The Morgan fingerprint density at radius 3 is 1.82 bits per heavy atom. The van der Waals surface area contributed by atoms with E-state index < -0.39 is 0 Å². The van der Waals surface area contributed by atoms with Gasteiger partial charge in [0.15, 0.2) is 0 Å². The second kappa shape index (κ2) is 14.6. The van der Waals surface area contributed by atoms with Gasteiger partial charge in [0.05, 0.1) is 7.11 Å². The van der Waals surface area contributed by atoms with Gasteiger partial charge in [-0.15, -0.1) is 0 Å². The molecule has 44 heavy (non-hydrogen) atoms. The number of likely N-dealkylation sites (tertiary alicyclic amines) is 1. The summed E-state index contributed by atoms with van der Waals surface area (Å²) in [6.45, 7) is 17.9. The highest BCUT2D eigenvalue weighted by Crippen LogP contribution is 2.41. The molecule has 1 atom stereocenters. The van der Waals surface area contributed by atoms with Crippen LogP contribution in [0.4, 0.5) is 8.78 Å². The fourth-order valence-corrected chi connectivity index (χ4v) is 6.67. The van der Waals surface area contributed by atoms with Crippen LogP contribution in [0.25, 0.3) is 0 Å². The molecule has 1 saturated heterocycles. The van der Waals surface area contributed by atoms with Crippen molar-refractivity contribution in [2.75, 3.05) is 33.8 Å². The summed E-state index contributed by atoms with van der Waals surface area (Å²) in [5.41, 5.74) is 6.14. The first-order valence-electron chi connectivity index (χ1n) is 16.4. The number of ether oxygens (including phenoxy) is 1. The van der Waals surface area contributed by atoms with Crippen LogP contribution < -0.4 is 4.74 Å². The molecular weight excluding hydrogens is 550 g/mol. The van der Waals surface area contributed by atoms with Gasteiger partial charge < -0.3 is 9.64 Å². The Labute approximate surface area is 265 Å². The summed E-state index contributed by atoms with van der Waals surface area (Å²) in [5, 5.41) is 0. The van der Waals surface area contributed by atoms with Gasteiger partial charge >= 0.3 is 0 Å². The van der Waals surface area contributed by atoms with Crippen molar-refractivity contribution in [3.63, 3.8) is 0 Å². The van der Waals surface area contributed by atoms with Crippen molar-refractivity contribution in [2.45, 2.75) is 103 Å². The SMILES string of the molecule is COc1c(C(C)(C)C)cc(CN2CC[C@H](N(C)CCCCCC(c3ccc(F)cc3)c3ccc(F)cc3)C2)cc1C(C)(C)C. The number of methoxy groups -OCH3 is 1. The van der Waals surface area contributed by atoms with Crippen molar-refractivity contribution in [1.82, 2.24) is 9.80 Å². The monoisotopic (exact) mass is 604 g/mol. The number of hydrogen-bond acceptors (Lipinski definition) is 3. The average molecular weight is 605 g/mol. The number of unbranched alkanes of at least 4 members (excludes halogenated alkanes) is 2. The quantitative estimate of drug-likeness (QED) is 0.192. The molecule has 0 radical (unpaired) electrons. The lowest BCUT2D eigenvalue weighted by atomic mass is 9.78. The molecule has 0 spiro atoms. The van der Waals surface area contributed by atoms with Gasteiger partial charge in [-0.3, -0.25) is 4.90 Å². The Bertz CT molecular complexity index is 1260. The molecule has 1 aliphatic heterocycles. The molecule has 3 aromatic carbocycles. The van der Waals surface area contributed by atoms with Crippen LogP contribution >= 0.6 is 0 Å². The minimum atomic E-state index is -0.228. The van der Waals surface area contributed by atoms with E-state index in [-0.39, 0.29) is 28.4 Å². The molecule has 1 fully saturated rings. The van der Waals surface area contributed by atoms with Crippen LogP contribution in [-0.4, -0.2) is 49.6 Å². The Morgan fingerprint density at radius 1 is 0.818 bits per heavy atom. The standard InChI is InChI=1S/C39H54F2N2O/c1-38(2,3)35-24-28(25-36(37(35)44-8)39(4,5)6)26-43-23-21-33(27-43)42(7)22-11-9-10-12-34(29-13-17-31(40)18-14-29)30-15-19-32(41)20-16-30/h13-20,24-25,33-34H,9-12,21-23,26-27H2,1-8H3/t33-/m0/s1. The van der Waals surface area contributed by atoms with Gasteiger partial charge in [0.1, 0.15) is 17.4 Å². The number of halogens is 2. The van der Waals surface area contributed by atoms with Crippen LogP contribution in [0, 0.1) is 11.6 Å². The van der Waals surface area contributed by atoms with E-state index in [1.54, 1.807) is 7.11 Å². The van der Waals surface area contributed by atoms with Gasteiger partial charge in [-0.1, -0.05) is 90.8 Å². The van der Waals surface area contributed by atoms with Crippen LogP contribution in [0.15, 0.2) is 60.7 Å². The van der Waals surface area contributed by atoms with Crippen molar-refractivity contribution in [3.8, 4) is 5.75 Å². The molecule has 3 aromatic rings. The Morgan fingerprint density at radius 2 is 1.34 bits per heavy atom. The Balaban J connectivity index is 1.30. The van der Waals surface area contributed by atoms with E-state index in [4.69, 9.17) is 4.74 Å². The Kier molecular flexibility index (Phi) is 11.3. The average Bonchev–Trinajstić information content (AvgIpc) is 3.43. The Hall–Kier alpha value is -2.76.